The predicted octanol–water partition coefficient (Wildman–Crippen LogP) is 2.33. The third-order valence-corrected chi connectivity index (χ3v) is 3.26. The largest absolute Gasteiger partial charge is 0.349 e. The zero-order valence-electron chi connectivity index (χ0n) is 10.4. The molecular formula is C14H13FN2O2. The summed E-state index contributed by atoms with van der Waals surface area (Å²) in [4.78, 5) is 23.7. The lowest BCUT2D eigenvalue weighted by atomic mass is 10.1. The van der Waals surface area contributed by atoms with Crippen LogP contribution in [0.4, 0.5) is 4.39 Å². The summed E-state index contributed by atoms with van der Waals surface area (Å²) in [7, 11) is 0. The number of carbonyl (C=O) groups excluding carboxylic acids is 2. The Hall–Kier alpha value is -2.17. The number of hydrogen-bond acceptors (Lipinski definition) is 2. The van der Waals surface area contributed by atoms with Gasteiger partial charge in [0.2, 0.25) is 5.91 Å². The van der Waals surface area contributed by atoms with Crippen molar-refractivity contribution in [2.45, 2.75) is 25.8 Å². The van der Waals surface area contributed by atoms with Crippen LogP contribution in [0, 0.1) is 5.82 Å². The molecule has 98 valence electrons. The number of halogens is 1. The maximum Gasteiger partial charge on any atom is 0.253 e. The molecule has 0 unspecified atom stereocenters. The number of carbonyl (C=O) groups is 2. The van der Waals surface area contributed by atoms with Gasteiger partial charge in [-0.2, -0.15) is 0 Å². The molecule has 0 spiro atoms. The fraction of sp³-hybridized carbons (Fsp3) is 0.286. The van der Waals surface area contributed by atoms with E-state index in [0.717, 1.165) is 12.8 Å². The SMILES string of the molecule is CC(=O)n1cc(C(=O)NC2CC2)c2cc(F)ccc21. The smallest absolute Gasteiger partial charge is 0.253 e. The van der Waals surface area contributed by atoms with E-state index in [1.165, 1.54) is 35.9 Å². The van der Waals surface area contributed by atoms with Gasteiger partial charge in [0.1, 0.15) is 5.82 Å². The first kappa shape index (κ1) is 11.9. The molecular weight excluding hydrogens is 247 g/mol. The molecule has 1 amide bonds. The first-order valence-electron chi connectivity index (χ1n) is 6.18. The summed E-state index contributed by atoms with van der Waals surface area (Å²) in [6.45, 7) is 1.41. The lowest BCUT2D eigenvalue weighted by Gasteiger charge is -2.01. The van der Waals surface area contributed by atoms with Crippen LogP contribution in [0.15, 0.2) is 24.4 Å². The maximum absolute atomic E-state index is 13.3. The summed E-state index contributed by atoms with van der Waals surface area (Å²) in [5.41, 5.74) is 0.895. The lowest BCUT2D eigenvalue weighted by molar-refractivity contribution is 0.0941. The summed E-state index contributed by atoms with van der Waals surface area (Å²) < 4.78 is 14.7. The van der Waals surface area contributed by atoms with Gasteiger partial charge in [0, 0.05) is 24.5 Å². The zero-order chi connectivity index (χ0) is 13.6. The molecule has 4 nitrogen and oxygen atoms in total. The van der Waals surface area contributed by atoms with Crippen LogP contribution in [0.3, 0.4) is 0 Å². The van der Waals surface area contributed by atoms with Crippen LogP contribution in [-0.2, 0) is 0 Å². The number of aromatic nitrogens is 1. The Morgan fingerprint density at radius 3 is 2.74 bits per heavy atom. The summed E-state index contributed by atoms with van der Waals surface area (Å²) in [6, 6.07) is 4.30. The highest BCUT2D eigenvalue weighted by molar-refractivity contribution is 6.09. The van der Waals surface area contributed by atoms with Crippen molar-refractivity contribution in [3.8, 4) is 0 Å². The molecule has 1 aliphatic carbocycles. The fourth-order valence-electron chi connectivity index (χ4n) is 2.13. The van der Waals surface area contributed by atoms with Crippen molar-refractivity contribution in [2.24, 2.45) is 0 Å². The highest BCUT2D eigenvalue weighted by Gasteiger charge is 2.26. The molecule has 1 saturated carbocycles. The molecule has 3 rings (SSSR count). The van der Waals surface area contributed by atoms with Crippen LogP contribution in [0.5, 0.6) is 0 Å². The van der Waals surface area contributed by atoms with Gasteiger partial charge < -0.3 is 5.32 Å². The number of nitrogens with zero attached hydrogens (tertiary/aromatic N) is 1. The maximum atomic E-state index is 13.3. The van der Waals surface area contributed by atoms with Crippen LogP contribution in [0.25, 0.3) is 10.9 Å². The van der Waals surface area contributed by atoms with E-state index >= 15 is 0 Å². The van der Waals surface area contributed by atoms with E-state index in [4.69, 9.17) is 0 Å². The molecule has 0 atom stereocenters. The quantitative estimate of drug-likeness (QED) is 0.901. The van der Waals surface area contributed by atoms with Crippen LogP contribution in [0.2, 0.25) is 0 Å². The average Bonchev–Trinajstić information content (AvgIpc) is 3.07. The van der Waals surface area contributed by atoms with Gasteiger partial charge in [-0.05, 0) is 31.0 Å². The van der Waals surface area contributed by atoms with Gasteiger partial charge in [0.25, 0.3) is 5.91 Å². The minimum absolute atomic E-state index is 0.206. The van der Waals surface area contributed by atoms with Gasteiger partial charge in [0.15, 0.2) is 0 Å². The van der Waals surface area contributed by atoms with Crippen molar-refractivity contribution in [3.63, 3.8) is 0 Å². The van der Waals surface area contributed by atoms with Gasteiger partial charge in [-0.15, -0.1) is 0 Å². The van der Waals surface area contributed by atoms with E-state index < -0.39 is 5.82 Å². The Morgan fingerprint density at radius 2 is 2.11 bits per heavy atom. The first-order chi connectivity index (χ1) is 9.06. The summed E-state index contributed by atoms with van der Waals surface area (Å²) in [5.74, 6) is -0.880. The van der Waals surface area contributed by atoms with E-state index in [0.29, 0.717) is 16.5 Å². The van der Waals surface area contributed by atoms with Crippen molar-refractivity contribution in [1.82, 2.24) is 9.88 Å². The predicted molar refractivity (Wildman–Crippen MR) is 68.7 cm³/mol. The summed E-state index contributed by atoms with van der Waals surface area (Å²) in [5, 5.41) is 3.31. The van der Waals surface area contributed by atoms with E-state index in [2.05, 4.69) is 5.32 Å². The molecule has 1 heterocycles. The van der Waals surface area contributed by atoms with E-state index in [9.17, 15) is 14.0 Å². The molecule has 1 N–H and O–H groups in total. The van der Waals surface area contributed by atoms with Crippen molar-refractivity contribution in [3.05, 3.63) is 35.8 Å². The third-order valence-electron chi connectivity index (χ3n) is 3.26. The number of amides is 1. The van der Waals surface area contributed by atoms with Gasteiger partial charge in [-0.3, -0.25) is 14.2 Å². The highest BCUT2D eigenvalue weighted by atomic mass is 19.1. The third kappa shape index (κ3) is 2.12. The van der Waals surface area contributed by atoms with Crippen molar-refractivity contribution < 1.29 is 14.0 Å². The number of nitrogens with one attached hydrogen (secondary N) is 1. The van der Waals surface area contributed by atoms with Gasteiger partial charge >= 0.3 is 0 Å². The van der Waals surface area contributed by atoms with Crippen LogP contribution in [-0.4, -0.2) is 22.4 Å². The summed E-state index contributed by atoms with van der Waals surface area (Å²) >= 11 is 0. The molecule has 0 radical (unpaired) electrons. The van der Waals surface area contributed by atoms with Gasteiger partial charge in [-0.25, -0.2) is 4.39 Å². The number of fused-ring (bicyclic) bond motifs is 1. The highest BCUT2D eigenvalue weighted by Crippen LogP contribution is 2.25. The number of rotatable bonds is 2. The number of hydrogen-bond donors (Lipinski definition) is 1. The molecule has 0 bridgehead atoms. The topological polar surface area (TPSA) is 51.1 Å². The fourth-order valence-corrected chi connectivity index (χ4v) is 2.13. The normalized spacial score (nSPS) is 14.6. The molecule has 0 aliphatic heterocycles. The zero-order valence-corrected chi connectivity index (χ0v) is 10.4. The van der Waals surface area contributed by atoms with E-state index in [-0.39, 0.29) is 17.9 Å². The molecule has 1 aromatic heterocycles. The minimum Gasteiger partial charge on any atom is -0.349 e. The van der Waals surface area contributed by atoms with Crippen molar-refractivity contribution >= 4 is 22.7 Å². The first-order valence-corrected chi connectivity index (χ1v) is 6.18. The molecule has 1 aliphatic rings. The molecule has 5 heteroatoms. The Bertz CT molecular complexity index is 686. The second-order valence-electron chi connectivity index (χ2n) is 4.84. The molecule has 2 aromatic rings. The van der Waals surface area contributed by atoms with Crippen LogP contribution >= 0.6 is 0 Å². The second kappa shape index (κ2) is 4.19. The molecule has 19 heavy (non-hydrogen) atoms. The lowest BCUT2D eigenvalue weighted by Crippen LogP contribution is -2.25. The van der Waals surface area contributed by atoms with Crippen molar-refractivity contribution in [1.29, 1.82) is 0 Å². The Labute approximate surface area is 109 Å². The molecule has 1 fully saturated rings. The summed E-state index contributed by atoms with van der Waals surface area (Å²) in [6.07, 6.45) is 3.43. The Kier molecular flexibility index (Phi) is 2.62. The van der Waals surface area contributed by atoms with Gasteiger partial charge in [0.05, 0.1) is 11.1 Å². The van der Waals surface area contributed by atoms with Crippen molar-refractivity contribution in [2.75, 3.05) is 0 Å². The van der Waals surface area contributed by atoms with Crippen LogP contribution in [0.1, 0.15) is 34.9 Å². The average molecular weight is 260 g/mol. The Balaban J connectivity index is 2.13. The van der Waals surface area contributed by atoms with E-state index in [1.54, 1.807) is 0 Å². The number of benzene rings is 1. The molecule has 0 saturated heterocycles. The standard InChI is InChI=1S/C14H13FN2O2/c1-8(18)17-7-12(14(19)16-10-3-4-10)11-6-9(15)2-5-13(11)17/h2,5-7,10H,3-4H2,1H3,(H,16,19). The van der Waals surface area contributed by atoms with E-state index in [1.807, 2.05) is 0 Å². The van der Waals surface area contributed by atoms with Gasteiger partial charge in [-0.1, -0.05) is 0 Å². The van der Waals surface area contributed by atoms with Crippen LogP contribution < -0.4 is 5.32 Å². The monoisotopic (exact) mass is 260 g/mol. The molecule has 1 aromatic carbocycles. The minimum atomic E-state index is -0.422. The Morgan fingerprint density at radius 1 is 1.37 bits per heavy atom. The second-order valence-corrected chi connectivity index (χ2v) is 4.84.